The van der Waals surface area contributed by atoms with Crippen molar-refractivity contribution in [3.8, 4) is 11.3 Å². The molecule has 3 N–H and O–H groups in total. The summed E-state index contributed by atoms with van der Waals surface area (Å²) in [6, 6.07) is 17.5. The van der Waals surface area contributed by atoms with E-state index >= 15 is 0 Å². The molecule has 4 heterocycles. The monoisotopic (exact) mass is 525 g/mol. The Morgan fingerprint density at radius 1 is 1.08 bits per heavy atom. The van der Waals surface area contributed by atoms with Crippen LogP contribution in [-0.2, 0) is 13.1 Å². The van der Waals surface area contributed by atoms with Crippen molar-refractivity contribution < 1.29 is 4.79 Å². The van der Waals surface area contributed by atoms with E-state index < -0.39 is 0 Å². The van der Waals surface area contributed by atoms with Gasteiger partial charge in [-0.05, 0) is 55.6 Å². The van der Waals surface area contributed by atoms with E-state index in [0.717, 1.165) is 57.8 Å². The highest BCUT2D eigenvalue weighted by molar-refractivity contribution is 7.20. The third kappa shape index (κ3) is 4.48. The zero-order valence-electron chi connectivity index (χ0n) is 21.3. The van der Waals surface area contributed by atoms with Gasteiger partial charge in [0.2, 0.25) is 0 Å². The average Bonchev–Trinajstić information content (AvgIpc) is 3.51. The fourth-order valence-electron chi connectivity index (χ4n) is 4.82. The number of likely N-dealkylation sites (N-methyl/N-ethyl adjacent to an activating group) is 1. The van der Waals surface area contributed by atoms with Crippen LogP contribution in [0.2, 0.25) is 0 Å². The number of fused-ring (bicyclic) bond motifs is 2. The number of rotatable bonds is 5. The lowest BCUT2D eigenvalue weighted by Crippen LogP contribution is -2.30. The summed E-state index contributed by atoms with van der Waals surface area (Å²) in [5.74, 6) is 0.468. The fraction of sp³-hybridized carbons (Fsp3) is 0.214. The fourth-order valence-corrected chi connectivity index (χ4v) is 5.78. The number of H-pyrrole nitrogens is 1. The number of carbonyl (C=O) groups excluding carboxylic acids is 1. The molecule has 0 unspecified atom stereocenters. The van der Waals surface area contributed by atoms with Crippen LogP contribution in [0.1, 0.15) is 26.5 Å². The summed E-state index contributed by atoms with van der Waals surface area (Å²) in [4.78, 5) is 28.6. The van der Waals surface area contributed by atoms with E-state index in [-0.39, 0.29) is 11.5 Å². The van der Waals surface area contributed by atoms with E-state index in [9.17, 15) is 9.59 Å². The molecule has 38 heavy (non-hydrogen) atoms. The quantitative estimate of drug-likeness (QED) is 0.301. The second-order valence-corrected chi connectivity index (χ2v) is 10.7. The molecule has 6 rings (SSSR count). The molecule has 0 bridgehead atoms. The number of amides is 1. The molecule has 10 heteroatoms. The lowest BCUT2D eigenvalue weighted by molar-refractivity contribution is 0.103. The van der Waals surface area contributed by atoms with Gasteiger partial charge < -0.3 is 10.6 Å². The van der Waals surface area contributed by atoms with Gasteiger partial charge in [-0.2, -0.15) is 10.2 Å². The maximum absolute atomic E-state index is 13.2. The van der Waals surface area contributed by atoms with Crippen molar-refractivity contribution in [3.63, 3.8) is 0 Å². The highest BCUT2D eigenvalue weighted by Gasteiger charge is 2.19. The largest absolute Gasteiger partial charge is 0.334 e. The number of aromatic amines is 1. The van der Waals surface area contributed by atoms with Crippen LogP contribution in [-0.4, -0.2) is 44.4 Å². The van der Waals surface area contributed by atoms with E-state index in [0.29, 0.717) is 22.1 Å². The maximum atomic E-state index is 13.2. The van der Waals surface area contributed by atoms with Crippen LogP contribution in [0.4, 0.5) is 17.2 Å². The van der Waals surface area contributed by atoms with Crippen LogP contribution in [0.5, 0.6) is 0 Å². The molecular weight excluding hydrogens is 498 g/mol. The van der Waals surface area contributed by atoms with Crippen molar-refractivity contribution in [1.29, 1.82) is 0 Å². The molecule has 0 saturated heterocycles. The molecule has 0 aliphatic carbocycles. The van der Waals surface area contributed by atoms with E-state index in [1.54, 1.807) is 6.07 Å². The molecular formula is C28H27N7O2S. The van der Waals surface area contributed by atoms with Crippen LogP contribution in [0.25, 0.3) is 21.3 Å². The van der Waals surface area contributed by atoms with Crippen LogP contribution in [0.15, 0.2) is 59.4 Å². The summed E-state index contributed by atoms with van der Waals surface area (Å²) in [7, 11) is 2.08. The number of carbonyl (C=O) groups is 1. The number of nitrogens with zero attached hydrogens (tertiary/aromatic N) is 4. The van der Waals surface area contributed by atoms with E-state index in [4.69, 9.17) is 0 Å². The molecule has 0 radical (unpaired) electrons. The zero-order valence-corrected chi connectivity index (χ0v) is 22.1. The molecule has 5 aromatic rings. The zero-order chi connectivity index (χ0) is 26.4. The molecule has 192 valence electrons. The van der Waals surface area contributed by atoms with Gasteiger partial charge in [0.25, 0.3) is 11.5 Å². The van der Waals surface area contributed by atoms with Crippen molar-refractivity contribution >= 4 is 44.5 Å². The van der Waals surface area contributed by atoms with Gasteiger partial charge in [0.1, 0.15) is 5.69 Å². The van der Waals surface area contributed by atoms with Gasteiger partial charge in [0, 0.05) is 35.1 Å². The Morgan fingerprint density at radius 3 is 2.76 bits per heavy atom. The predicted octanol–water partition coefficient (Wildman–Crippen LogP) is 4.91. The molecule has 0 atom stereocenters. The molecule has 1 aliphatic heterocycles. The lowest BCUT2D eigenvalue weighted by Gasteiger charge is -2.22. The smallest absolute Gasteiger partial charge is 0.287 e. The minimum absolute atomic E-state index is 0.152. The molecule has 0 spiro atoms. The van der Waals surface area contributed by atoms with Gasteiger partial charge in [-0.1, -0.05) is 30.3 Å². The Morgan fingerprint density at radius 2 is 1.92 bits per heavy atom. The molecule has 0 saturated carbocycles. The standard InChI is InChI=1S/C28H27N7O2S/c1-16-8-9-20(17(2)26(16)30-28(37)24-12-18-6-4-5-7-23(18)38-24)21-14-22(27(36)32-31-21)29-25-13-19-15-34(3)10-11-35(19)33-25/h4-9,12-14H,10-11,15H2,1-3H3,(H,30,37)(H,32,36)(H,29,31,33). The third-order valence-corrected chi connectivity index (χ3v) is 8.01. The first kappa shape index (κ1) is 24.1. The van der Waals surface area contributed by atoms with Crippen molar-refractivity contribution in [3.05, 3.63) is 86.6 Å². The number of hydrogen-bond acceptors (Lipinski definition) is 7. The average molecular weight is 526 g/mol. The number of aromatic nitrogens is 4. The Hall–Kier alpha value is -4.28. The Labute approximate surface area is 223 Å². The van der Waals surface area contributed by atoms with Crippen molar-refractivity contribution in [2.45, 2.75) is 26.9 Å². The molecule has 3 aromatic heterocycles. The number of aryl methyl sites for hydroxylation is 1. The number of benzene rings is 2. The van der Waals surface area contributed by atoms with Gasteiger partial charge in [-0.25, -0.2) is 5.10 Å². The minimum atomic E-state index is -0.333. The highest BCUT2D eigenvalue weighted by atomic mass is 32.1. The van der Waals surface area contributed by atoms with Crippen LogP contribution in [0.3, 0.4) is 0 Å². The topological polar surface area (TPSA) is 108 Å². The first-order valence-corrected chi connectivity index (χ1v) is 13.2. The van der Waals surface area contributed by atoms with Gasteiger partial charge in [-0.15, -0.1) is 11.3 Å². The van der Waals surface area contributed by atoms with E-state index in [2.05, 4.69) is 37.9 Å². The Bertz CT molecular complexity index is 1720. The van der Waals surface area contributed by atoms with E-state index in [1.165, 1.54) is 11.3 Å². The SMILES string of the molecule is Cc1ccc(-c2cc(Nc3cc4n(n3)CCN(C)C4)c(=O)[nH]n2)c(C)c1NC(=O)c1cc2ccccc2s1. The molecule has 1 amide bonds. The second-order valence-electron chi connectivity index (χ2n) is 9.64. The van der Waals surface area contributed by atoms with E-state index in [1.807, 2.05) is 67.1 Å². The molecule has 2 aromatic carbocycles. The number of nitrogens with one attached hydrogen (secondary N) is 3. The van der Waals surface area contributed by atoms with Crippen LogP contribution in [0, 0.1) is 13.8 Å². The molecule has 0 fully saturated rings. The van der Waals surface area contributed by atoms with Crippen LogP contribution >= 0.6 is 11.3 Å². The van der Waals surface area contributed by atoms with Crippen molar-refractivity contribution in [2.24, 2.45) is 0 Å². The highest BCUT2D eigenvalue weighted by Crippen LogP contribution is 2.32. The van der Waals surface area contributed by atoms with Gasteiger partial charge >= 0.3 is 0 Å². The summed E-state index contributed by atoms with van der Waals surface area (Å²) in [5.41, 5.74) is 5.06. The first-order chi connectivity index (χ1) is 18.4. The van der Waals surface area contributed by atoms with Crippen molar-refractivity contribution in [1.82, 2.24) is 24.9 Å². The predicted molar refractivity (Wildman–Crippen MR) is 151 cm³/mol. The Kier molecular flexibility index (Phi) is 6.05. The summed E-state index contributed by atoms with van der Waals surface area (Å²) in [5, 5.41) is 18.8. The molecule has 9 nitrogen and oxygen atoms in total. The Balaban J connectivity index is 1.29. The van der Waals surface area contributed by atoms with Gasteiger partial charge in [-0.3, -0.25) is 19.2 Å². The van der Waals surface area contributed by atoms with Gasteiger partial charge in [0.15, 0.2) is 5.82 Å². The summed E-state index contributed by atoms with van der Waals surface area (Å²) < 4.78 is 3.04. The lowest BCUT2D eigenvalue weighted by atomic mass is 9.99. The summed E-state index contributed by atoms with van der Waals surface area (Å²) >= 11 is 1.47. The number of anilines is 3. The van der Waals surface area contributed by atoms with Gasteiger partial charge in [0.05, 0.1) is 22.8 Å². The number of thiophene rings is 1. The van der Waals surface area contributed by atoms with Crippen molar-refractivity contribution in [2.75, 3.05) is 24.2 Å². The molecule has 1 aliphatic rings. The minimum Gasteiger partial charge on any atom is -0.334 e. The maximum Gasteiger partial charge on any atom is 0.287 e. The number of hydrogen-bond donors (Lipinski definition) is 3. The normalized spacial score (nSPS) is 13.4. The summed E-state index contributed by atoms with van der Waals surface area (Å²) in [6.45, 7) is 6.46. The third-order valence-electron chi connectivity index (χ3n) is 6.89. The first-order valence-electron chi connectivity index (χ1n) is 12.4. The summed E-state index contributed by atoms with van der Waals surface area (Å²) in [6.07, 6.45) is 0. The van der Waals surface area contributed by atoms with Crippen LogP contribution < -0.4 is 16.2 Å². The second kappa shape index (κ2) is 9.55.